The number of nitrogens with one attached hydrogen (secondary N) is 1. The molecule has 19 heavy (non-hydrogen) atoms. The summed E-state index contributed by atoms with van der Waals surface area (Å²) in [5.74, 6) is -0.973. The summed E-state index contributed by atoms with van der Waals surface area (Å²) in [6.07, 6.45) is 3.39. The van der Waals surface area contributed by atoms with Gasteiger partial charge < -0.3 is 5.32 Å². The Labute approximate surface area is 119 Å². The highest BCUT2D eigenvalue weighted by Crippen LogP contribution is 2.15. The lowest BCUT2D eigenvalue weighted by atomic mass is 10.1. The summed E-state index contributed by atoms with van der Waals surface area (Å²) in [6.45, 7) is 2.26. The van der Waals surface area contributed by atoms with Gasteiger partial charge in [0.1, 0.15) is 5.82 Å². The summed E-state index contributed by atoms with van der Waals surface area (Å²) in [5.41, 5.74) is 1.98. The monoisotopic (exact) mass is 322 g/mol. The number of carbonyl (C=O) groups is 1. The smallest absolute Gasteiger partial charge is 0.254 e. The fraction of sp³-hybridized carbons (Fsp3) is 0.143. The number of amides is 1. The van der Waals surface area contributed by atoms with Gasteiger partial charge in [0.25, 0.3) is 5.91 Å². The molecular weight excluding hydrogens is 311 g/mol. The van der Waals surface area contributed by atoms with Crippen molar-refractivity contribution in [1.82, 2.24) is 10.3 Å². The molecule has 0 aliphatic heterocycles. The normalized spacial score (nSPS) is 10.3. The molecule has 5 heteroatoms. The first-order chi connectivity index (χ1) is 9.08. The van der Waals surface area contributed by atoms with Crippen LogP contribution < -0.4 is 5.32 Å². The highest BCUT2D eigenvalue weighted by molar-refractivity contribution is 9.10. The van der Waals surface area contributed by atoms with Crippen molar-refractivity contribution >= 4 is 21.8 Å². The highest BCUT2D eigenvalue weighted by Gasteiger charge is 2.11. The van der Waals surface area contributed by atoms with Gasteiger partial charge in [0, 0.05) is 23.4 Å². The number of rotatable bonds is 3. The van der Waals surface area contributed by atoms with E-state index in [4.69, 9.17) is 0 Å². The van der Waals surface area contributed by atoms with E-state index in [1.165, 1.54) is 12.1 Å². The molecule has 0 aliphatic rings. The first kappa shape index (κ1) is 13.7. The summed E-state index contributed by atoms with van der Waals surface area (Å²) >= 11 is 3.15. The van der Waals surface area contributed by atoms with Crippen LogP contribution in [0.1, 0.15) is 21.5 Å². The molecule has 0 unspecified atom stereocenters. The van der Waals surface area contributed by atoms with Crippen LogP contribution in [-0.2, 0) is 6.54 Å². The quantitative estimate of drug-likeness (QED) is 0.942. The lowest BCUT2D eigenvalue weighted by Crippen LogP contribution is -2.24. The Kier molecular flexibility index (Phi) is 4.27. The SMILES string of the molecule is Cc1cnccc1CNC(=O)c1ccc(Br)cc1F. The van der Waals surface area contributed by atoms with Crippen molar-refractivity contribution < 1.29 is 9.18 Å². The Morgan fingerprint density at radius 2 is 2.21 bits per heavy atom. The second kappa shape index (κ2) is 5.93. The molecule has 0 saturated carbocycles. The number of benzene rings is 1. The summed E-state index contributed by atoms with van der Waals surface area (Å²) in [5, 5.41) is 2.69. The summed E-state index contributed by atoms with van der Waals surface area (Å²) in [7, 11) is 0. The van der Waals surface area contributed by atoms with Crippen LogP contribution in [0.25, 0.3) is 0 Å². The van der Waals surface area contributed by atoms with E-state index in [0.717, 1.165) is 11.1 Å². The zero-order chi connectivity index (χ0) is 13.8. The van der Waals surface area contributed by atoms with E-state index < -0.39 is 11.7 Å². The lowest BCUT2D eigenvalue weighted by molar-refractivity contribution is 0.0947. The molecule has 0 radical (unpaired) electrons. The molecule has 0 bridgehead atoms. The molecule has 3 nitrogen and oxygen atoms in total. The first-order valence-corrected chi connectivity index (χ1v) is 6.50. The molecule has 2 rings (SSSR count). The van der Waals surface area contributed by atoms with E-state index in [9.17, 15) is 9.18 Å². The number of pyridine rings is 1. The molecule has 1 aromatic carbocycles. The van der Waals surface area contributed by atoms with Gasteiger partial charge in [-0.25, -0.2) is 4.39 Å². The molecule has 0 spiro atoms. The maximum absolute atomic E-state index is 13.6. The maximum atomic E-state index is 13.6. The Hall–Kier alpha value is -1.75. The average Bonchev–Trinajstić information content (AvgIpc) is 2.37. The fourth-order valence-corrected chi connectivity index (χ4v) is 1.98. The number of carbonyl (C=O) groups excluding carboxylic acids is 1. The molecular formula is C14H12BrFN2O. The number of hydrogen-bond donors (Lipinski definition) is 1. The van der Waals surface area contributed by atoms with Crippen LogP contribution in [-0.4, -0.2) is 10.9 Å². The zero-order valence-electron chi connectivity index (χ0n) is 10.3. The van der Waals surface area contributed by atoms with Crippen LogP contribution in [0.15, 0.2) is 41.1 Å². The molecule has 1 heterocycles. The van der Waals surface area contributed by atoms with Gasteiger partial charge in [0.15, 0.2) is 0 Å². The lowest BCUT2D eigenvalue weighted by Gasteiger charge is -2.08. The number of hydrogen-bond acceptors (Lipinski definition) is 2. The molecule has 0 saturated heterocycles. The van der Waals surface area contributed by atoms with E-state index in [1.807, 2.05) is 13.0 Å². The minimum Gasteiger partial charge on any atom is -0.348 e. The predicted molar refractivity (Wildman–Crippen MR) is 74.2 cm³/mol. The van der Waals surface area contributed by atoms with Gasteiger partial charge in [-0.2, -0.15) is 0 Å². The number of nitrogens with zero attached hydrogens (tertiary/aromatic N) is 1. The fourth-order valence-electron chi connectivity index (χ4n) is 1.64. The van der Waals surface area contributed by atoms with Crippen LogP contribution in [0.5, 0.6) is 0 Å². The third-order valence-electron chi connectivity index (χ3n) is 2.75. The van der Waals surface area contributed by atoms with Gasteiger partial charge >= 0.3 is 0 Å². The Morgan fingerprint density at radius 1 is 1.42 bits per heavy atom. The van der Waals surface area contributed by atoms with Gasteiger partial charge in [0.2, 0.25) is 0 Å². The van der Waals surface area contributed by atoms with Gasteiger partial charge in [0.05, 0.1) is 5.56 Å². The second-order valence-corrected chi connectivity index (χ2v) is 5.02. The van der Waals surface area contributed by atoms with E-state index in [-0.39, 0.29) is 5.56 Å². The van der Waals surface area contributed by atoms with Crippen LogP contribution in [0.4, 0.5) is 4.39 Å². The molecule has 0 fully saturated rings. The summed E-state index contributed by atoms with van der Waals surface area (Å²) in [4.78, 5) is 15.9. The zero-order valence-corrected chi connectivity index (χ0v) is 11.9. The average molecular weight is 323 g/mol. The van der Waals surface area contributed by atoms with Crippen LogP contribution in [0.3, 0.4) is 0 Å². The molecule has 98 valence electrons. The Bertz CT molecular complexity index is 616. The summed E-state index contributed by atoms with van der Waals surface area (Å²) in [6, 6.07) is 6.18. The molecule has 2 aromatic rings. The Morgan fingerprint density at radius 3 is 2.89 bits per heavy atom. The molecule has 1 N–H and O–H groups in total. The van der Waals surface area contributed by atoms with E-state index in [0.29, 0.717) is 11.0 Å². The topological polar surface area (TPSA) is 42.0 Å². The van der Waals surface area contributed by atoms with Gasteiger partial charge in [-0.15, -0.1) is 0 Å². The minimum atomic E-state index is -0.543. The van der Waals surface area contributed by atoms with Crippen molar-refractivity contribution in [2.75, 3.05) is 0 Å². The maximum Gasteiger partial charge on any atom is 0.254 e. The second-order valence-electron chi connectivity index (χ2n) is 4.11. The van der Waals surface area contributed by atoms with Crippen molar-refractivity contribution in [2.45, 2.75) is 13.5 Å². The largest absolute Gasteiger partial charge is 0.348 e. The van der Waals surface area contributed by atoms with Crippen molar-refractivity contribution in [3.05, 3.63) is 63.6 Å². The number of aryl methyl sites for hydroxylation is 1. The predicted octanol–water partition coefficient (Wildman–Crippen LogP) is 3.22. The Balaban J connectivity index is 2.08. The van der Waals surface area contributed by atoms with Crippen molar-refractivity contribution in [3.8, 4) is 0 Å². The third-order valence-corrected chi connectivity index (χ3v) is 3.24. The van der Waals surface area contributed by atoms with E-state index in [2.05, 4.69) is 26.2 Å². The number of aromatic nitrogens is 1. The van der Waals surface area contributed by atoms with Crippen molar-refractivity contribution in [1.29, 1.82) is 0 Å². The third kappa shape index (κ3) is 3.38. The molecule has 1 aromatic heterocycles. The summed E-state index contributed by atoms with van der Waals surface area (Å²) < 4.78 is 14.2. The molecule has 0 aliphatic carbocycles. The van der Waals surface area contributed by atoms with Crippen molar-refractivity contribution in [3.63, 3.8) is 0 Å². The van der Waals surface area contributed by atoms with Crippen LogP contribution in [0, 0.1) is 12.7 Å². The number of halogens is 2. The van der Waals surface area contributed by atoms with Gasteiger partial charge in [-0.1, -0.05) is 15.9 Å². The van der Waals surface area contributed by atoms with Crippen molar-refractivity contribution in [2.24, 2.45) is 0 Å². The highest BCUT2D eigenvalue weighted by atomic mass is 79.9. The van der Waals surface area contributed by atoms with Crippen LogP contribution in [0.2, 0.25) is 0 Å². The van der Waals surface area contributed by atoms with E-state index >= 15 is 0 Å². The standard InChI is InChI=1S/C14H12BrFN2O/c1-9-7-17-5-4-10(9)8-18-14(19)12-3-2-11(15)6-13(12)16/h2-7H,8H2,1H3,(H,18,19). The molecule has 1 amide bonds. The van der Waals surface area contributed by atoms with Gasteiger partial charge in [-0.3, -0.25) is 9.78 Å². The molecule has 0 atom stereocenters. The minimum absolute atomic E-state index is 0.0370. The van der Waals surface area contributed by atoms with E-state index in [1.54, 1.807) is 18.5 Å². The first-order valence-electron chi connectivity index (χ1n) is 5.70. The van der Waals surface area contributed by atoms with Crippen LogP contribution >= 0.6 is 15.9 Å². The van der Waals surface area contributed by atoms with Gasteiger partial charge in [-0.05, 0) is 42.3 Å².